The van der Waals surface area contributed by atoms with Crippen LogP contribution in [0.5, 0.6) is 0 Å². The Morgan fingerprint density at radius 3 is 2.88 bits per heavy atom. The minimum atomic E-state index is -2.97. The standard InChI is InChI=1S/C10H15N3O3S/c1-2-13(9-3-4-17(15,16)7-9)10(14)8-5-11-12-6-8/h5-6,9H,2-4,7H2,1H3,(H,11,12). The number of H-pyrrole nitrogens is 1. The SMILES string of the molecule is CCN(C(=O)c1cn[nH]c1)C1CCS(=O)(=O)C1. The Morgan fingerprint density at radius 2 is 2.41 bits per heavy atom. The van der Waals surface area contributed by atoms with Gasteiger partial charge in [-0.15, -0.1) is 0 Å². The number of aromatic amines is 1. The fourth-order valence-electron chi connectivity index (χ4n) is 2.12. The zero-order valence-corrected chi connectivity index (χ0v) is 10.4. The van der Waals surface area contributed by atoms with Crippen molar-refractivity contribution in [2.24, 2.45) is 0 Å². The highest BCUT2D eigenvalue weighted by atomic mass is 32.2. The van der Waals surface area contributed by atoms with Crippen LogP contribution in [0.15, 0.2) is 12.4 Å². The van der Waals surface area contributed by atoms with Crippen LogP contribution in [0.2, 0.25) is 0 Å². The molecular weight excluding hydrogens is 242 g/mol. The average molecular weight is 257 g/mol. The summed E-state index contributed by atoms with van der Waals surface area (Å²) in [6, 6.07) is -0.201. The molecule has 1 aromatic rings. The number of hydrogen-bond donors (Lipinski definition) is 1. The van der Waals surface area contributed by atoms with Crippen molar-refractivity contribution >= 4 is 15.7 Å². The molecule has 0 saturated carbocycles. The second-order valence-corrected chi connectivity index (χ2v) is 6.36. The molecule has 1 aliphatic rings. The van der Waals surface area contributed by atoms with Gasteiger partial charge >= 0.3 is 0 Å². The predicted molar refractivity (Wildman–Crippen MR) is 62.4 cm³/mol. The van der Waals surface area contributed by atoms with Gasteiger partial charge in [0.05, 0.1) is 23.3 Å². The van der Waals surface area contributed by atoms with Crippen LogP contribution in [0.4, 0.5) is 0 Å². The summed E-state index contributed by atoms with van der Waals surface area (Å²) in [5.41, 5.74) is 0.469. The van der Waals surface area contributed by atoms with E-state index in [1.54, 1.807) is 4.90 Å². The normalized spacial score (nSPS) is 22.5. The molecule has 94 valence electrons. The Bertz CT molecular complexity index is 495. The maximum Gasteiger partial charge on any atom is 0.257 e. The quantitative estimate of drug-likeness (QED) is 0.830. The van der Waals surface area contributed by atoms with Gasteiger partial charge in [0.25, 0.3) is 5.91 Å². The third-order valence-corrected chi connectivity index (χ3v) is 4.75. The lowest BCUT2D eigenvalue weighted by molar-refractivity contribution is 0.0708. The topological polar surface area (TPSA) is 83.1 Å². The molecular formula is C10H15N3O3S. The summed E-state index contributed by atoms with van der Waals surface area (Å²) in [5, 5.41) is 6.31. The van der Waals surface area contributed by atoms with Crippen LogP contribution < -0.4 is 0 Å². The van der Waals surface area contributed by atoms with E-state index in [4.69, 9.17) is 0 Å². The summed E-state index contributed by atoms with van der Waals surface area (Å²) in [7, 11) is -2.97. The molecule has 0 spiro atoms. The average Bonchev–Trinajstić information content (AvgIpc) is 2.88. The number of amides is 1. The number of carbonyl (C=O) groups excluding carboxylic acids is 1. The van der Waals surface area contributed by atoms with Gasteiger partial charge < -0.3 is 4.90 Å². The van der Waals surface area contributed by atoms with E-state index in [-0.39, 0.29) is 23.5 Å². The Kier molecular flexibility index (Phi) is 3.19. The summed E-state index contributed by atoms with van der Waals surface area (Å²) >= 11 is 0. The van der Waals surface area contributed by atoms with Crippen LogP contribution in [-0.2, 0) is 9.84 Å². The lowest BCUT2D eigenvalue weighted by Crippen LogP contribution is -2.40. The molecule has 7 heteroatoms. The van der Waals surface area contributed by atoms with Crippen molar-refractivity contribution in [1.29, 1.82) is 0 Å². The van der Waals surface area contributed by atoms with Crippen molar-refractivity contribution < 1.29 is 13.2 Å². The Hall–Kier alpha value is -1.37. The van der Waals surface area contributed by atoms with E-state index >= 15 is 0 Å². The Morgan fingerprint density at radius 1 is 1.65 bits per heavy atom. The summed E-state index contributed by atoms with van der Waals surface area (Å²) in [4.78, 5) is 13.7. The molecule has 0 aliphatic carbocycles. The molecule has 1 aromatic heterocycles. The number of hydrogen-bond acceptors (Lipinski definition) is 4. The molecule has 0 radical (unpaired) electrons. The van der Waals surface area contributed by atoms with Crippen LogP contribution in [0.3, 0.4) is 0 Å². The van der Waals surface area contributed by atoms with E-state index < -0.39 is 9.84 Å². The molecule has 0 bridgehead atoms. The third kappa shape index (κ3) is 2.49. The second kappa shape index (κ2) is 4.48. The summed E-state index contributed by atoms with van der Waals surface area (Å²) in [6.07, 6.45) is 3.50. The Balaban J connectivity index is 2.15. The van der Waals surface area contributed by atoms with Crippen molar-refractivity contribution in [3.05, 3.63) is 18.0 Å². The highest BCUT2D eigenvalue weighted by molar-refractivity contribution is 7.91. The molecule has 1 aliphatic heterocycles. The molecule has 0 aromatic carbocycles. The number of sulfone groups is 1. The molecule has 17 heavy (non-hydrogen) atoms. The van der Waals surface area contributed by atoms with E-state index in [0.717, 1.165) is 0 Å². The molecule has 1 atom stereocenters. The van der Waals surface area contributed by atoms with Crippen molar-refractivity contribution in [3.63, 3.8) is 0 Å². The fourth-order valence-corrected chi connectivity index (χ4v) is 3.85. The molecule has 1 N–H and O–H groups in total. The first kappa shape index (κ1) is 12.1. The van der Waals surface area contributed by atoms with Crippen molar-refractivity contribution in [3.8, 4) is 0 Å². The van der Waals surface area contributed by atoms with Crippen molar-refractivity contribution in [2.45, 2.75) is 19.4 Å². The van der Waals surface area contributed by atoms with Gasteiger partial charge in [-0.2, -0.15) is 5.10 Å². The molecule has 2 heterocycles. The smallest absolute Gasteiger partial charge is 0.257 e. The number of aromatic nitrogens is 2. The van der Waals surface area contributed by atoms with E-state index in [2.05, 4.69) is 10.2 Å². The van der Waals surface area contributed by atoms with Crippen LogP contribution >= 0.6 is 0 Å². The van der Waals surface area contributed by atoms with E-state index in [0.29, 0.717) is 18.5 Å². The maximum atomic E-state index is 12.1. The number of carbonyl (C=O) groups is 1. The third-order valence-electron chi connectivity index (χ3n) is 3.00. The first-order chi connectivity index (χ1) is 8.03. The van der Waals surface area contributed by atoms with E-state index in [1.807, 2.05) is 6.92 Å². The van der Waals surface area contributed by atoms with Gasteiger partial charge in [0.2, 0.25) is 0 Å². The van der Waals surface area contributed by atoms with Crippen LogP contribution in [-0.4, -0.2) is 53.5 Å². The van der Waals surface area contributed by atoms with Gasteiger partial charge in [-0.3, -0.25) is 9.89 Å². The summed E-state index contributed by atoms with van der Waals surface area (Å²) in [6.45, 7) is 2.35. The van der Waals surface area contributed by atoms with Gasteiger partial charge in [0, 0.05) is 18.8 Å². The van der Waals surface area contributed by atoms with Crippen LogP contribution in [0.25, 0.3) is 0 Å². The van der Waals surface area contributed by atoms with Gasteiger partial charge in [0.1, 0.15) is 0 Å². The number of nitrogens with one attached hydrogen (secondary N) is 1. The molecule has 6 nitrogen and oxygen atoms in total. The predicted octanol–water partition coefficient (Wildman–Crippen LogP) is 0.0589. The van der Waals surface area contributed by atoms with Gasteiger partial charge in [0.15, 0.2) is 9.84 Å². The monoisotopic (exact) mass is 257 g/mol. The minimum Gasteiger partial charge on any atom is -0.335 e. The highest BCUT2D eigenvalue weighted by Crippen LogP contribution is 2.19. The Labute approximate surface area is 99.9 Å². The number of rotatable bonds is 3. The van der Waals surface area contributed by atoms with Crippen LogP contribution in [0, 0.1) is 0 Å². The molecule has 1 amide bonds. The lowest BCUT2D eigenvalue weighted by Gasteiger charge is -2.26. The molecule has 1 saturated heterocycles. The maximum absolute atomic E-state index is 12.1. The molecule has 2 rings (SSSR count). The highest BCUT2D eigenvalue weighted by Gasteiger charge is 2.34. The van der Waals surface area contributed by atoms with Gasteiger partial charge in [-0.1, -0.05) is 0 Å². The van der Waals surface area contributed by atoms with Crippen molar-refractivity contribution in [2.75, 3.05) is 18.1 Å². The minimum absolute atomic E-state index is 0.0738. The first-order valence-electron chi connectivity index (χ1n) is 5.53. The fraction of sp³-hybridized carbons (Fsp3) is 0.600. The largest absolute Gasteiger partial charge is 0.335 e. The van der Waals surface area contributed by atoms with E-state index in [1.165, 1.54) is 12.4 Å². The molecule has 1 fully saturated rings. The first-order valence-corrected chi connectivity index (χ1v) is 7.36. The second-order valence-electron chi connectivity index (χ2n) is 4.14. The molecule has 1 unspecified atom stereocenters. The zero-order chi connectivity index (χ0) is 12.5. The summed E-state index contributed by atoms with van der Waals surface area (Å²) in [5.74, 6) is 0.0837. The number of nitrogens with zero attached hydrogens (tertiary/aromatic N) is 2. The van der Waals surface area contributed by atoms with Crippen molar-refractivity contribution in [1.82, 2.24) is 15.1 Å². The summed E-state index contributed by atoms with van der Waals surface area (Å²) < 4.78 is 22.8. The van der Waals surface area contributed by atoms with Gasteiger partial charge in [-0.25, -0.2) is 8.42 Å². The van der Waals surface area contributed by atoms with Gasteiger partial charge in [-0.05, 0) is 13.3 Å². The lowest BCUT2D eigenvalue weighted by atomic mass is 10.2. The van der Waals surface area contributed by atoms with Crippen LogP contribution in [0.1, 0.15) is 23.7 Å². The zero-order valence-electron chi connectivity index (χ0n) is 9.59. The van der Waals surface area contributed by atoms with E-state index in [9.17, 15) is 13.2 Å².